The molecule has 0 radical (unpaired) electrons. The molecule has 0 saturated carbocycles. The minimum atomic E-state index is -0.846. The number of rotatable bonds is 5. The van der Waals surface area contributed by atoms with E-state index in [-0.39, 0.29) is 37.7 Å². The molecule has 4 unspecified atom stereocenters. The number of carbonyl (C=O) groups excluding carboxylic acids is 1. The molecule has 2 aromatic carbocycles. The van der Waals surface area contributed by atoms with Crippen LogP contribution in [0.2, 0.25) is 0 Å². The largest absolute Gasteiger partial charge is 0.493 e. The van der Waals surface area contributed by atoms with Crippen molar-refractivity contribution in [2.24, 2.45) is 0 Å². The first kappa shape index (κ1) is 19.6. The van der Waals surface area contributed by atoms with Gasteiger partial charge in [0.05, 0.1) is 13.0 Å². The van der Waals surface area contributed by atoms with Crippen LogP contribution in [0.3, 0.4) is 0 Å². The second kappa shape index (κ2) is 7.83. The van der Waals surface area contributed by atoms with E-state index in [0.29, 0.717) is 11.5 Å². The first-order valence-electron chi connectivity index (χ1n) is 11.1. The van der Waals surface area contributed by atoms with Crippen LogP contribution in [0.15, 0.2) is 54.1 Å². The number of fused-ring (bicyclic) bond motifs is 3. The van der Waals surface area contributed by atoms with Gasteiger partial charge in [-0.15, -0.1) is 0 Å². The zero-order chi connectivity index (χ0) is 21.7. The van der Waals surface area contributed by atoms with Gasteiger partial charge in [0.25, 0.3) is 0 Å². The number of carbonyl (C=O) groups is 1. The molecule has 3 heterocycles. The summed E-state index contributed by atoms with van der Waals surface area (Å²) < 4.78 is 22.7. The van der Waals surface area contributed by atoms with Gasteiger partial charge in [-0.05, 0) is 41.8 Å². The molecule has 7 nitrogen and oxygen atoms in total. The molecule has 166 valence electrons. The minimum Gasteiger partial charge on any atom is -0.493 e. The van der Waals surface area contributed by atoms with E-state index in [1.54, 1.807) is 0 Å². The highest BCUT2D eigenvalue weighted by Crippen LogP contribution is 2.50. The van der Waals surface area contributed by atoms with Crippen LogP contribution in [0.1, 0.15) is 29.9 Å². The maximum atomic E-state index is 12.7. The lowest BCUT2D eigenvalue weighted by molar-refractivity contribution is -0.157. The fraction of sp³-hybridized carbons (Fsp3) is 0.400. The SMILES string of the molecule is O=C(CCOc1ccccc1)OC1C(O)C=C2CCN3Cc4cc5c(cc4C1C23)OCO5. The van der Waals surface area contributed by atoms with Crippen molar-refractivity contribution in [3.63, 3.8) is 0 Å². The predicted octanol–water partition coefficient (Wildman–Crippen LogP) is 2.77. The molecular formula is C25H25NO6. The quantitative estimate of drug-likeness (QED) is 0.572. The van der Waals surface area contributed by atoms with Gasteiger partial charge in [0, 0.05) is 25.0 Å². The van der Waals surface area contributed by atoms with E-state index < -0.39 is 12.2 Å². The Kier molecular flexibility index (Phi) is 4.81. The van der Waals surface area contributed by atoms with Gasteiger partial charge in [-0.3, -0.25) is 9.69 Å². The maximum Gasteiger partial charge on any atom is 0.309 e. The number of benzene rings is 2. The summed E-state index contributed by atoms with van der Waals surface area (Å²) in [6, 6.07) is 13.5. The number of ether oxygens (including phenoxy) is 4. The summed E-state index contributed by atoms with van der Waals surface area (Å²) in [4.78, 5) is 15.1. The van der Waals surface area contributed by atoms with Crippen LogP contribution in [0.4, 0.5) is 0 Å². The Balaban J connectivity index is 1.24. The molecule has 0 spiro atoms. The van der Waals surface area contributed by atoms with Gasteiger partial charge in [0.1, 0.15) is 18.0 Å². The monoisotopic (exact) mass is 435 g/mol. The molecule has 0 amide bonds. The van der Waals surface area contributed by atoms with Crippen LogP contribution in [0.5, 0.6) is 17.2 Å². The van der Waals surface area contributed by atoms with Crippen molar-refractivity contribution in [1.82, 2.24) is 4.90 Å². The summed E-state index contributed by atoms with van der Waals surface area (Å²) in [7, 11) is 0. The Morgan fingerprint density at radius 1 is 1.16 bits per heavy atom. The molecule has 32 heavy (non-hydrogen) atoms. The van der Waals surface area contributed by atoms with Gasteiger partial charge >= 0.3 is 5.97 Å². The van der Waals surface area contributed by atoms with Crippen molar-refractivity contribution in [2.75, 3.05) is 19.9 Å². The van der Waals surface area contributed by atoms with Gasteiger partial charge in [-0.1, -0.05) is 29.8 Å². The van der Waals surface area contributed by atoms with E-state index in [9.17, 15) is 9.90 Å². The average Bonchev–Trinajstić information content (AvgIpc) is 3.42. The van der Waals surface area contributed by atoms with Crippen molar-refractivity contribution in [3.8, 4) is 17.2 Å². The van der Waals surface area contributed by atoms with E-state index in [0.717, 1.165) is 36.4 Å². The van der Waals surface area contributed by atoms with Crippen molar-refractivity contribution in [3.05, 3.63) is 65.2 Å². The fourth-order valence-corrected chi connectivity index (χ4v) is 5.45. The van der Waals surface area contributed by atoms with Gasteiger partial charge in [-0.2, -0.15) is 0 Å². The Morgan fingerprint density at radius 3 is 2.81 bits per heavy atom. The van der Waals surface area contributed by atoms with Gasteiger partial charge in [-0.25, -0.2) is 0 Å². The van der Waals surface area contributed by atoms with E-state index in [2.05, 4.69) is 4.90 Å². The molecule has 3 aliphatic heterocycles. The summed E-state index contributed by atoms with van der Waals surface area (Å²) in [5.74, 6) is 1.65. The Hall–Kier alpha value is -3.03. The summed E-state index contributed by atoms with van der Waals surface area (Å²) in [5.41, 5.74) is 3.44. The fourth-order valence-electron chi connectivity index (χ4n) is 5.45. The summed E-state index contributed by atoms with van der Waals surface area (Å²) >= 11 is 0. The lowest BCUT2D eigenvalue weighted by Crippen LogP contribution is -2.51. The smallest absolute Gasteiger partial charge is 0.309 e. The standard InChI is InChI=1S/C25H25NO6/c27-19-10-15-6-8-26-13-16-11-20-21(31-14-30-20)12-18(16)23(24(15)26)25(19)32-22(28)7-9-29-17-4-2-1-3-5-17/h1-5,10-12,19,23-25,27H,6-9,13-14H2. The molecule has 0 bridgehead atoms. The molecule has 7 heteroatoms. The second-order valence-corrected chi connectivity index (χ2v) is 8.69. The van der Waals surface area contributed by atoms with Crippen LogP contribution >= 0.6 is 0 Å². The molecule has 6 rings (SSSR count). The van der Waals surface area contributed by atoms with Crippen molar-refractivity contribution < 1.29 is 28.8 Å². The molecule has 1 fully saturated rings. The zero-order valence-corrected chi connectivity index (χ0v) is 17.6. The summed E-state index contributed by atoms with van der Waals surface area (Å²) in [5, 5.41) is 10.9. The lowest BCUT2D eigenvalue weighted by atomic mass is 9.73. The summed E-state index contributed by atoms with van der Waals surface area (Å²) in [6.07, 6.45) is 1.42. The number of aliphatic hydroxyl groups is 1. The molecule has 4 atom stereocenters. The Morgan fingerprint density at radius 2 is 1.97 bits per heavy atom. The molecular weight excluding hydrogens is 410 g/mol. The van der Waals surface area contributed by atoms with Crippen molar-refractivity contribution in [2.45, 2.75) is 43.6 Å². The molecule has 1 aliphatic carbocycles. The van der Waals surface area contributed by atoms with E-state index in [1.807, 2.05) is 48.5 Å². The molecule has 0 aromatic heterocycles. The third kappa shape index (κ3) is 3.32. The molecule has 4 aliphatic rings. The van der Waals surface area contributed by atoms with Gasteiger partial charge in [0.15, 0.2) is 11.5 Å². The van der Waals surface area contributed by atoms with E-state index in [4.69, 9.17) is 18.9 Å². The minimum absolute atomic E-state index is 0.115. The first-order chi connectivity index (χ1) is 15.7. The maximum absolute atomic E-state index is 12.7. The number of nitrogens with zero attached hydrogens (tertiary/aromatic N) is 1. The second-order valence-electron chi connectivity index (χ2n) is 8.69. The van der Waals surface area contributed by atoms with Crippen LogP contribution in [-0.2, 0) is 16.1 Å². The summed E-state index contributed by atoms with van der Waals surface area (Å²) in [6.45, 7) is 2.18. The average molecular weight is 435 g/mol. The van der Waals surface area contributed by atoms with Gasteiger partial charge in [0.2, 0.25) is 6.79 Å². The molecule has 2 aromatic rings. The number of aliphatic hydroxyl groups excluding tert-OH is 1. The number of hydrogen-bond donors (Lipinski definition) is 1. The van der Waals surface area contributed by atoms with Crippen LogP contribution in [-0.4, -0.2) is 54.2 Å². The first-order valence-corrected chi connectivity index (χ1v) is 11.1. The highest BCUT2D eigenvalue weighted by atomic mass is 16.7. The Bertz CT molecular complexity index is 1070. The number of hydrogen-bond acceptors (Lipinski definition) is 7. The topological polar surface area (TPSA) is 77.5 Å². The van der Waals surface area contributed by atoms with E-state index >= 15 is 0 Å². The van der Waals surface area contributed by atoms with E-state index in [1.165, 1.54) is 5.57 Å². The number of esters is 1. The van der Waals surface area contributed by atoms with Crippen molar-refractivity contribution in [1.29, 1.82) is 0 Å². The van der Waals surface area contributed by atoms with Crippen LogP contribution in [0.25, 0.3) is 0 Å². The normalized spacial score (nSPS) is 27.3. The number of para-hydroxylation sites is 1. The predicted molar refractivity (Wildman–Crippen MR) is 115 cm³/mol. The zero-order valence-electron chi connectivity index (χ0n) is 17.6. The van der Waals surface area contributed by atoms with Crippen molar-refractivity contribution >= 4 is 5.97 Å². The lowest BCUT2D eigenvalue weighted by Gasteiger charge is -2.45. The molecule has 1 N–H and O–H groups in total. The third-order valence-electron chi connectivity index (χ3n) is 6.83. The van der Waals surface area contributed by atoms with Crippen LogP contribution in [0, 0.1) is 0 Å². The third-order valence-corrected chi connectivity index (χ3v) is 6.83. The van der Waals surface area contributed by atoms with Crippen LogP contribution < -0.4 is 14.2 Å². The highest BCUT2D eigenvalue weighted by molar-refractivity contribution is 5.70. The van der Waals surface area contributed by atoms with Gasteiger partial charge < -0.3 is 24.1 Å². The molecule has 1 saturated heterocycles. The highest BCUT2D eigenvalue weighted by Gasteiger charge is 2.50. The Labute approximate surface area is 186 Å².